The Balaban J connectivity index is 2.10. The molecule has 5 heteroatoms. The molecule has 0 aliphatic heterocycles. The maximum Gasteiger partial charge on any atom is 0.254 e. The largest absolute Gasteiger partial charge is 0.382 e. The number of amides is 1. The van der Waals surface area contributed by atoms with Gasteiger partial charge in [-0.25, -0.2) is 0 Å². The second kappa shape index (κ2) is 7.14. The number of anilines is 1. The number of methoxy groups -OCH3 is 1. The van der Waals surface area contributed by atoms with E-state index in [2.05, 4.69) is 5.32 Å². The van der Waals surface area contributed by atoms with Crippen LogP contribution < -0.4 is 5.32 Å². The average Bonchev–Trinajstić information content (AvgIpc) is 2.48. The van der Waals surface area contributed by atoms with E-state index in [4.69, 9.17) is 16.3 Å². The highest BCUT2D eigenvalue weighted by Gasteiger charge is 2.22. The molecule has 1 aromatic carbocycles. The fourth-order valence-corrected chi connectivity index (χ4v) is 2.94. The van der Waals surface area contributed by atoms with E-state index in [9.17, 15) is 4.79 Å². The minimum absolute atomic E-state index is 0.0814. The predicted molar refractivity (Wildman–Crippen MR) is 86.1 cm³/mol. The Kier molecular flexibility index (Phi) is 5.48. The van der Waals surface area contributed by atoms with Crippen LogP contribution in [0.15, 0.2) is 18.2 Å². The standard InChI is InChI=1S/C16H23ClN2O2/c1-19(2)16(20)14-10-12(7-8-15(14)17)18-11-5-4-6-13(9-11)21-3/h7-8,10-11,13,18H,4-6,9H2,1-3H3. The molecule has 2 atom stereocenters. The Morgan fingerprint density at radius 3 is 2.81 bits per heavy atom. The summed E-state index contributed by atoms with van der Waals surface area (Å²) in [6.45, 7) is 0. The molecule has 0 spiro atoms. The molecule has 1 saturated carbocycles. The zero-order valence-corrected chi connectivity index (χ0v) is 13.6. The molecule has 0 heterocycles. The molecule has 2 rings (SSSR count). The van der Waals surface area contributed by atoms with Crippen molar-refractivity contribution in [2.24, 2.45) is 0 Å². The van der Waals surface area contributed by atoms with Crippen LogP contribution in [0.5, 0.6) is 0 Å². The first kappa shape index (κ1) is 16.1. The Morgan fingerprint density at radius 2 is 2.14 bits per heavy atom. The first-order valence-electron chi connectivity index (χ1n) is 7.31. The van der Waals surface area contributed by atoms with Crippen molar-refractivity contribution in [3.8, 4) is 0 Å². The zero-order chi connectivity index (χ0) is 15.4. The zero-order valence-electron chi connectivity index (χ0n) is 12.9. The third-order valence-electron chi connectivity index (χ3n) is 3.93. The van der Waals surface area contributed by atoms with E-state index in [0.29, 0.717) is 22.7 Å². The van der Waals surface area contributed by atoms with Crippen LogP contribution in [0.2, 0.25) is 5.02 Å². The van der Waals surface area contributed by atoms with Crippen LogP contribution in [-0.2, 0) is 4.74 Å². The normalized spacial score (nSPS) is 21.9. The number of carbonyl (C=O) groups is 1. The summed E-state index contributed by atoms with van der Waals surface area (Å²) >= 11 is 6.13. The molecule has 0 saturated heterocycles. The van der Waals surface area contributed by atoms with E-state index in [1.165, 1.54) is 4.90 Å². The van der Waals surface area contributed by atoms with Crippen molar-refractivity contribution in [3.63, 3.8) is 0 Å². The van der Waals surface area contributed by atoms with Crippen molar-refractivity contribution in [3.05, 3.63) is 28.8 Å². The first-order valence-corrected chi connectivity index (χ1v) is 7.69. The summed E-state index contributed by atoms with van der Waals surface area (Å²) in [6, 6.07) is 5.91. The Bertz CT molecular complexity index is 505. The van der Waals surface area contributed by atoms with Crippen molar-refractivity contribution < 1.29 is 9.53 Å². The number of halogens is 1. The monoisotopic (exact) mass is 310 g/mol. The van der Waals surface area contributed by atoms with E-state index in [0.717, 1.165) is 31.4 Å². The van der Waals surface area contributed by atoms with Crippen LogP contribution in [0, 0.1) is 0 Å². The van der Waals surface area contributed by atoms with Gasteiger partial charge in [0.15, 0.2) is 0 Å². The number of carbonyl (C=O) groups excluding carboxylic acids is 1. The second-order valence-corrected chi connectivity index (χ2v) is 6.17. The van der Waals surface area contributed by atoms with Crippen LogP contribution in [0.3, 0.4) is 0 Å². The average molecular weight is 311 g/mol. The van der Waals surface area contributed by atoms with E-state index < -0.39 is 0 Å². The van der Waals surface area contributed by atoms with Gasteiger partial charge in [-0.1, -0.05) is 11.6 Å². The van der Waals surface area contributed by atoms with E-state index in [1.54, 1.807) is 27.3 Å². The topological polar surface area (TPSA) is 41.6 Å². The van der Waals surface area contributed by atoms with Gasteiger partial charge < -0.3 is 15.0 Å². The van der Waals surface area contributed by atoms with E-state index >= 15 is 0 Å². The lowest BCUT2D eigenvalue weighted by Gasteiger charge is -2.29. The Hall–Kier alpha value is -1.26. The highest BCUT2D eigenvalue weighted by molar-refractivity contribution is 6.34. The first-order chi connectivity index (χ1) is 10.0. The van der Waals surface area contributed by atoms with Gasteiger partial charge in [-0.15, -0.1) is 0 Å². The number of ether oxygens (including phenoxy) is 1. The fraction of sp³-hybridized carbons (Fsp3) is 0.562. The number of hydrogen-bond acceptors (Lipinski definition) is 3. The Labute approximate surface area is 131 Å². The summed E-state index contributed by atoms with van der Waals surface area (Å²) in [5, 5.41) is 3.98. The molecule has 2 unspecified atom stereocenters. The van der Waals surface area contributed by atoms with Crippen LogP contribution >= 0.6 is 11.6 Å². The molecule has 1 aliphatic rings. The van der Waals surface area contributed by atoms with Crippen LogP contribution in [0.25, 0.3) is 0 Å². The van der Waals surface area contributed by atoms with Crippen LogP contribution in [-0.4, -0.2) is 44.2 Å². The van der Waals surface area contributed by atoms with Gasteiger partial charge in [-0.05, 0) is 43.9 Å². The SMILES string of the molecule is COC1CCCC(Nc2ccc(Cl)c(C(=O)N(C)C)c2)C1. The minimum atomic E-state index is -0.0814. The lowest BCUT2D eigenvalue weighted by molar-refractivity contribution is 0.0669. The minimum Gasteiger partial charge on any atom is -0.382 e. The number of nitrogens with one attached hydrogen (secondary N) is 1. The quantitative estimate of drug-likeness (QED) is 0.926. The second-order valence-electron chi connectivity index (χ2n) is 5.76. The predicted octanol–water partition coefficient (Wildman–Crippen LogP) is 3.41. The van der Waals surface area contributed by atoms with E-state index in [-0.39, 0.29) is 5.91 Å². The molecule has 0 bridgehead atoms. The molecule has 1 aliphatic carbocycles. The molecule has 0 aromatic heterocycles. The highest BCUT2D eigenvalue weighted by Crippen LogP contribution is 2.26. The smallest absolute Gasteiger partial charge is 0.254 e. The van der Waals surface area contributed by atoms with Crippen molar-refractivity contribution in [2.75, 3.05) is 26.5 Å². The molecule has 116 valence electrons. The van der Waals surface area contributed by atoms with Gasteiger partial charge in [-0.3, -0.25) is 4.79 Å². The number of hydrogen-bond donors (Lipinski definition) is 1. The fourth-order valence-electron chi connectivity index (χ4n) is 2.75. The summed E-state index contributed by atoms with van der Waals surface area (Å²) in [5.41, 5.74) is 1.47. The molecule has 0 radical (unpaired) electrons. The molecule has 1 N–H and O–H groups in total. The number of nitrogens with zero attached hydrogens (tertiary/aromatic N) is 1. The van der Waals surface area contributed by atoms with Gasteiger partial charge in [-0.2, -0.15) is 0 Å². The summed E-state index contributed by atoms with van der Waals surface area (Å²) in [7, 11) is 5.22. The molecule has 1 fully saturated rings. The summed E-state index contributed by atoms with van der Waals surface area (Å²) in [4.78, 5) is 13.6. The summed E-state index contributed by atoms with van der Waals surface area (Å²) in [6.07, 6.45) is 4.73. The molecular formula is C16H23ClN2O2. The van der Waals surface area contributed by atoms with Crippen molar-refractivity contribution in [1.29, 1.82) is 0 Å². The third-order valence-corrected chi connectivity index (χ3v) is 4.26. The van der Waals surface area contributed by atoms with Crippen LogP contribution in [0.1, 0.15) is 36.0 Å². The third kappa shape index (κ3) is 4.11. The van der Waals surface area contributed by atoms with Gasteiger partial charge in [0.1, 0.15) is 0 Å². The van der Waals surface area contributed by atoms with E-state index in [1.807, 2.05) is 12.1 Å². The van der Waals surface area contributed by atoms with Crippen molar-refractivity contribution in [1.82, 2.24) is 4.90 Å². The van der Waals surface area contributed by atoms with Crippen molar-refractivity contribution in [2.45, 2.75) is 37.8 Å². The van der Waals surface area contributed by atoms with Gasteiger partial charge in [0, 0.05) is 32.9 Å². The number of rotatable bonds is 4. The Morgan fingerprint density at radius 1 is 1.38 bits per heavy atom. The van der Waals surface area contributed by atoms with Crippen molar-refractivity contribution >= 4 is 23.2 Å². The maximum atomic E-state index is 12.1. The molecule has 21 heavy (non-hydrogen) atoms. The van der Waals surface area contributed by atoms with Crippen LogP contribution in [0.4, 0.5) is 5.69 Å². The van der Waals surface area contributed by atoms with Gasteiger partial charge in [0.05, 0.1) is 16.7 Å². The summed E-state index contributed by atoms with van der Waals surface area (Å²) in [5.74, 6) is -0.0814. The maximum absolute atomic E-state index is 12.1. The number of benzene rings is 1. The lowest BCUT2D eigenvalue weighted by Crippen LogP contribution is -2.31. The summed E-state index contributed by atoms with van der Waals surface area (Å²) < 4.78 is 5.45. The highest BCUT2D eigenvalue weighted by atomic mass is 35.5. The van der Waals surface area contributed by atoms with Gasteiger partial charge >= 0.3 is 0 Å². The molecular weight excluding hydrogens is 288 g/mol. The van der Waals surface area contributed by atoms with Gasteiger partial charge in [0.2, 0.25) is 0 Å². The molecule has 1 aromatic rings. The lowest BCUT2D eigenvalue weighted by atomic mass is 9.92. The molecule has 1 amide bonds. The van der Waals surface area contributed by atoms with Gasteiger partial charge in [0.25, 0.3) is 5.91 Å². The molecule has 4 nitrogen and oxygen atoms in total.